The molecule has 0 atom stereocenters. The van der Waals surface area contributed by atoms with Gasteiger partial charge in [0.05, 0.1) is 0 Å². The molecule has 122 valence electrons. The molecule has 3 N–H and O–H groups in total. The number of carbonyl (C=O) groups is 2. The van der Waals surface area contributed by atoms with Crippen molar-refractivity contribution in [2.45, 2.75) is 19.6 Å². The molecule has 0 radical (unpaired) electrons. The van der Waals surface area contributed by atoms with Gasteiger partial charge >= 0.3 is 6.18 Å². The maximum Gasteiger partial charge on any atom is 0.451 e. The zero-order chi connectivity index (χ0) is 17.0. The molecule has 2 amide bonds. The zero-order valence-corrected chi connectivity index (χ0v) is 11.9. The molecule has 0 aliphatic heterocycles. The SMILES string of the molecule is CC(=O)NCc1ccc(C(=O)Nc2n[nH]c(C(F)(F)F)n2)cc1. The van der Waals surface area contributed by atoms with E-state index in [-0.39, 0.29) is 11.5 Å². The first-order chi connectivity index (χ1) is 10.8. The third-order valence-electron chi connectivity index (χ3n) is 2.74. The fraction of sp³-hybridized carbons (Fsp3) is 0.231. The van der Waals surface area contributed by atoms with Gasteiger partial charge in [-0.05, 0) is 17.7 Å². The highest BCUT2D eigenvalue weighted by Crippen LogP contribution is 2.26. The Bertz CT molecular complexity index is 709. The molecule has 0 aliphatic rings. The standard InChI is InChI=1S/C13H12F3N5O2/c1-7(22)17-6-8-2-4-9(5-3-8)10(23)18-12-19-11(20-21-12)13(14,15)16/h2-5H,6H2,1H3,(H,17,22)(H2,18,19,20,21,23). The minimum absolute atomic E-state index is 0.183. The van der Waals surface area contributed by atoms with Gasteiger partial charge in [-0.2, -0.15) is 18.2 Å². The number of hydrogen-bond donors (Lipinski definition) is 3. The van der Waals surface area contributed by atoms with Crippen LogP contribution in [0.2, 0.25) is 0 Å². The summed E-state index contributed by atoms with van der Waals surface area (Å²) in [4.78, 5) is 25.8. The fourth-order valence-corrected chi connectivity index (χ4v) is 1.62. The summed E-state index contributed by atoms with van der Waals surface area (Å²) < 4.78 is 37.1. The van der Waals surface area contributed by atoms with Gasteiger partial charge in [-0.1, -0.05) is 12.1 Å². The summed E-state index contributed by atoms with van der Waals surface area (Å²) in [6, 6.07) is 6.18. The number of nitrogens with zero attached hydrogens (tertiary/aromatic N) is 2. The number of benzene rings is 1. The average molecular weight is 327 g/mol. The second-order valence-corrected chi connectivity index (χ2v) is 4.57. The van der Waals surface area contributed by atoms with Crippen LogP contribution < -0.4 is 10.6 Å². The maximum absolute atomic E-state index is 12.4. The zero-order valence-electron chi connectivity index (χ0n) is 11.9. The van der Waals surface area contributed by atoms with E-state index in [1.54, 1.807) is 17.2 Å². The first-order valence-corrected chi connectivity index (χ1v) is 6.40. The van der Waals surface area contributed by atoms with Crippen molar-refractivity contribution in [2.75, 3.05) is 5.32 Å². The number of H-pyrrole nitrogens is 1. The lowest BCUT2D eigenvalue weighted by Crippen LogP contribution is -2.19. The van der Waals surface area contributed by atoms with Gasteiger partial charge in [0.25, 0.3) is 5.91 Å². The van der Waals surface area contributed by atoms with E-state index >= 15 is 0 Å². The predicted octanol–water partition coefficient (Wildman–Crippen LogP) is 1.71. The first kappa shape index (κ1) is 16.5. The number of amides is 2. The Morgan fingerprint density at radius 3 is 2.39 bits per heavy atom. The van der Waals surface area contributed by atoms with Crippen LogP contribution in [0.4, 0.5) is 19.1 Å². The molecule has 0 bridgehead atoms. The summed E-state index contributed by atoms with van der Waals surface area (Å²) >= 11 is 0. The van der Waals surface area contributed by atoms with Crippen molar-refractivity contribution in [2.24, 2.45) is 0 Å². The Morgan fingerprint density at radius 2 is 1.87 bits per heavy atom. The van der Waals surface area contributed by atoms with Gasteiger partial charge in [-0.25, -0.2) is 0 Å². The number of carbonyl (C=O) groups excluding carboxylic acids is 2. The predicted molar refractivity (Wildman–Crippen MR) is 73.3 cm³/mol. The molecule has 0 fully saturated rings. The van der Waals surface area contributed by atoms with Crippen molar-refractivity contribution in [1.29, 1.82) is 0 Å². The van der Waals surface area contributed by atoms with Gasteiger partial charge in [0, 0.05) is 19.0 Å². The van der Waals surface area contributed by atoms with Crippen LogP contribution in [0.3, 0.4) is 0 Å². The molecule has 0 spiro atoms. The van der Waals surface area contributed by atoms with Crippen LogP contribution in [-0.4, -0.2) is 27.0 Å². The Hall–Kier alpha value is -2.91. The number of aromatic amines is 1. The summed E-state index contributed by atoms with van der Waals surface area (Å²) in [6.07, 6.45) is -4.67. The normalized spacial score (nSPS) is 11.1. The van der Waals surface area contributed by atoms with Crippen LogP contribution >= 0.6 is 0 Å². The number of hydrogen-bond acceptors (Lipinski definition) is 4. The summed E-state index contributed by atoms with van der Waals surface area (Å²) in [7, 11) is 0. The lowest BCUT2D eigenvalue weighted by atomic mass is 10.1. The van der Waals surface area contributed by atoms with Gasteiger partial charge in [-0.15, -0.1) is 5.10 Å². The van der Waals surface area contributed by atoms with Crippen LogP contribution in [0, 0.1) is 0 Å². The largest absolute Gasteiger partial charge is 0.451 e. The van der Waals surface area contributed by atoms with Crippen molar-refractivity contribution in [3.05, 3.63) is 41.2 Å². The highest BCUT2D eigenvalue weighted by Gasteiger charge is 2.35. The van der Waals surface area contributed by atoms with E-state index < -0.39 is 23.9 Å². The van der Waals surface area contributed by atoms with Gasteiger partial charge in [0.2, 0.25) is 17.7 Å². The Balaban J connectivity index is 2.00. The molecular formula is C13H12F3N5O2. The smallest absolute Gasteiger partial charge is 0.352 e. The van der Waals surface area contributed by atoms with Crippen LogP contribution in [0.25, 0.3) is 0 Å². The highest BCUT2D eigenvalue weighted by atomic mass is 19.4. The van der Waals surface area contributed by atoms with E-state index in [1.807, 2.05) is 0 Å². The monoisotopic (exact) mass is 327 g/mol. The maximum atomic E-state index is 12.4. The number of anilines is 1. The van der Waals surface area contributed by atoms with E-state index in [0.717, 1.165) is 5.56 Å². The molecule has 1 aromatic heterocycles. The topological polar surface area (TPSA) is 99.8 Å². The first-order valence-electron chi connectivity index (χ1n) is 6.40. The molecule has 1 aromatic carbocycles. The van der Waals surface area contributed by atoms with E-state index in [9.17, 15) is 22.8 Å². The van der Waals surface area contributed by atoms with Crippen LogP contribution in [0.15, 0.2) is 24.3 Å². The molecule has 0 aliphatic carbocycles. The Kier molecular flexibility index (Phi) is 4.63. The van der Waals surface area contributed by atoms with E-state index in [2.05, 4.69) is 20.7 Å². The Morgan fingerprint density at radius 1 is 1.22 bits per heavy atom. The number of alkyl halides is 3. The summed E-state index contributed by atoms with van der Waals surface area (Å²) in [5, 5.41) is 9.73. The van der Waals surface area contributed by atoms with Gasteiger partial charge in [0.15, 0.2) is 0 Å². The minimum atomic E-state index is -4.67. The fourth-order valence-electron chi connectivity index (χ4n) is 1.62. The summed E-state index contributed by atoms with van der Waals surface area (Å²) in [5.41, 5.74) is 0.990. The van der Waals surface area contributed by atoms with Gasteiger partial charge in [0.1, 0.15) is 0 Å². The third-order valence-corrected chi connectivity index (χ3v) is 2.74. The summed E-state index contributed by atoms with van der Waals surface area (Å²) in [5.74, 6) is -2.59. The molecule has 2 rings (SSSR count). The molecule has 23 heavy (non-hydrogen) atoms. The van der Waals surface area contributed by atoms with Crippen molar-refractivity contribution in [1.82, 2.24) is 20.5 Å². The minimum Gasteiger partial charge on any atom is -0.352 e. The molecule has 10 heteroatoms. The lowest BCUT2D eigenvalue weighted by Gasteiger charge is -2.04. The van der Waals surface area contributed by atoms with Gasteiger partial charge in [-0.3, -0.25) is 20.0 Å². The lowest BCUT2D eigenvalue weighted by molar-refractivity contribution is -0.144. The van der Waals surface area contributed by atoms with Crippen molar-refractivity contribution < 1.29 is 22.8 Å². The molecule has 0 saturated carbocycles. The Labute approximate surface area is 128 Å². The number of aromatic nitrogens is 3. The van der Waals surface area contributed by atoms with E-state index in [4.69, 9.17) is 0 Å². The van der Waals surface area contributed by atoms with E-state index in [1.165, 1.54) is 19.1 Å². The van der Waals surface area contributed by atoms with E-state index in [0.29, 0.717) is 6.54 Å². The van der Waals surface area contributed by atoms with Crippen LogP contribution in [-0.2, 0) is 17.5 Å². The van der Waals surface area contributed by atoms with Gasteiger partial charge < -0.3 is 5.32 Å². The second-order valence-electron chi connectivity index (χ2n) is 4.57. The second kappa shape index (κ2) is 6.46. The molecule has 2 aromatic rings. The highest BCUT2D eigenvalue weighted by molar-refractivity contribution is 6.03. The number of rotatable bonds is 4. The molecule has 0 saturated heterocycles. The molecule has 1 heterocycles. The van der Waals surface area contributed by atoms with Crippen molar-refractivity contribution in [3.63, 3.8) is 0 Å². The van der Waals surface area contributed by atoms with Crippen molar-refractivity contribution >= 4 is 17.8 Å². The molecule has 0 unspecified atom stereocenters. The third kappa shape index (κ3) is 4.53. The van der Waals surface area contributed by atoms with Crippen LogP contribution in [0.1, 0.15) is 28.7 Å². The number of halogens is 3. The molecule has 7 nitrogen and oxygen atoms in total. The van der Waals surface area contributed by atoms with Crippen molar-refractivity contribution in [3.8, 4) is 0 Å². The average Bonchev–Trinajstić information content (AvgIpc) is 2.94. The van der Waals surface area contributed by atoms with Crippen LogP contribution in [0.5, 0.6) is 0 Å². The summed E-state index contributed by atoms with van der Waals surface area (Å²) in [6.45, 7) is 1.70. The quantitative estimate of drug-likeness (QED) is 0.796. The number of nitrogens with one attached hydrogen (secondary N) is 3. The molecular weight excluding hydrogens is 315 g/mol.